The van der Waals surface area contributed by atoms with Crippen LogP contribution in [0.2, 0.25) is 0 Å². The van der Waals surface area contributed by atoms with Crippen molar-refractivity contribution in [1.82, 2.24) is 9.80 Å². The average molecular weight is 304 g/mol. The highest BCUT2D eigenvalue weighted by Gasteiger charge is 2.46. The summed E-state index contributed by atoms with van der Waals surface area (Å²) in [5.74, 6) is -1.83. The molecular weight excluding hydrogens is 292 g/mol. The summed E-state index contributed by atoms with van der Waals surface area (Å²) in [6.07, 6.45) is 0.305. The summed E-state index contributed by atoms with van der Waals surface area (Å²) in [6, 6.07) is 3.75. The van der Waals surface area contributed by atoms with E-state index in [4.69, 9.17) is 0 Å². The number of nitrogens with zero attached hydrogens (tertiary/aromatic N) is 2. The Morgan fingerprint density at radius 3 is 2.48 bits per heavy atom. The molecule has 108 valence electrons. The molecule has 7 heteroatoms. The second-order valence-corrected chi connectivity index (χ2v) is 5.57. The summed E-state index contributed by atoms with van der Waals surface area (Å²) >= 11 is 4.15. The van der Waals surface area contributed by atoms with Crippen LogP contribution in [0.3, 0.4) is 0 Å². The monoisotopic (exact) mass is 304 g/mol. The molecule has 0 bridgehead atoms. The van der Waals surface area contributed by atoms with Gasteiger partial charge in [0, 0.05) is 18.4 Å². The fourth-order valence-electron chi connectivity index (χ4n) is 2.67. The first-order valence-corrected chi connectivity index (χ1v) is 6.88. The Bertz CT molecular complexity index is 700. The lowest BCUT2D eigenvalue weighted by atomic mass is 10.0. The largest absolute Gasteiger partial charge is 0.284 e. The van der Waals surface area contributed by atoms with Gasteiger partial charge in [0.1, 0.15) is 6.04 Å². The minimum Gasteiger partial charge on any atom is -0.284 e. The maximum absolute atomic E-state index is 12.4. The van der Waals surface area contributed by atoms with Crippen molar-refractivity contribution in [3.8, 4) is 0 Å². The zero-order valence-corrected chi connectivity index (χ0v) is 12.1. The molecule has 1 aromatic rings. The summed E-state index contributed by atoms with van der Waals surface area (Å²) in [4.78, 5) is 51.0. The molecule has 2 heterocycles. The molecule has 1 fully saturated rings. The maximum Gasteiger partial charge on any atom is 0.262 e. The highest BCUT2D eigenvalue weighted by atomic mass is 32.1. The van der Waals surface area contributed by atoms with Crippen LogP contribution in [-0.2, 0) is 9.59 Å². The van der Waals surface area contributed by atoms with E-state index in [0.717, 1.165) is 9.80 Å². The Balaban J connectivity index is 1.98. The summed E-state index contributed by atoms with van der Waals surface area (Å²) < 4.78 is 0. The number of likely N-dealkylation sites (N-methyl/N-ethyl adjacent to an activating group) is 1. The number of rotatable bonds is 1. The van der Waals surface area contributed by atoms with Crippen molar-refractivity contribution in [3.63, 3.8) is 0 Å². The summed E-state index contributed by atoms with van der Waals surface area (Å²) in [5.41, 5.74) is 0.519. The fraction of sp³-hybridized carbons (Fsp3) is 0.286. The van der Waals surface area contributed by atoms with Gasteiger partial charge in [0.05, 0.1) is 11.1 Å². The van der Waals surface area contributed by atoms with Crippen LogP contribution in [0.5, 0.6) is 0 Å². The number of thiol groups is 1. The van der Waals surface area contributed by atoms with E-state index in [0.29, 0.717) is 4.90 Å². The summed E-state index contributed by atoms with van der Waals surface area (Å²) in [7, 11) is 1.36. The fourth-order valence-corrected chi connectivity index (χ4v) is 2.87. The highest BCUT2D eigenvalue weighted by Crippen LogP contribution is 2.29. The van der Waals surface area contributed by atoms with Crippen LogP contribution in [0.15, 0.2) is 23.1 Å². The zero-order chi connectivity index (χ0) is 15.3. The van der Waals surface area contributed by atoms with Gasteiger partial charge in [-0.1, -0.05) is 0 Å². The zero-order valence-electron chi connectivity index (χ0n) is 11.2. The Kier molecular flexibility index (Phi) is 3.09. The molecule has 0 saturated carbocycles. The van der Waals surface area contributed by atoms with E-state index in [1.807, 2.05) is 0 Å². The first-order chi connectivity index (χ1) is 9.91. The lowest BCUT2D eigenvalue weighted by Crippen LogP contribution is -2.54. The Labute approximate surface area is 126 Å². The molecular formula is C14H12N2O4S. The highest BCUT2D eigenvalue weighted by molar-refractivity contribution is 7.80. The third-order valence-corrected chi connectivity index (χ3v) is 4.11. The molecule has 0 aliphatic carbocycles. The van der Waals surface area contributed by atoms with Crippen molar-refractivity contribution in [2.75, 3.05) is 7.05 Å². The Morgan fingerprint density at radius 1 is 1.10 bits per heavy atom. The molecule has 0 N–H and O–H groups in total. The normalized spacial score (nSPS) is 22.1. The number of imide groups is 2. The maximum atomic E-state index is 12.4. The third-order valence-electron chi connectivity index (χ3n) is 3.83. The predicted octanol–water partition coefficient (Wildman–Crippen LogP) is 0.719. The minimum absolute atomic E-state index is 0.137. The van der Waals surface area contributed by atoms with Crippen LogP contribution < -0.4 is 0 Å². The van der Waals surface area contributed by atoms with E-state index in [-0.39, 0.29) is 29.9 Å². The van der Waals surface area contributed by atoms with Crippen LogP contribution in [0.25, 0.3) is 0 Å². The van der Waals surface area contributed by atoms with Gasteiger partial charge in [-0.2, -0.15) is 0 Å². The smallest absolute Gasteiger partial charge is 0.262 e. The van der Waals surface area contributed by atoms with E-state index < -0.39 is 23.8 Å². The molecule has 2 aliphatic heterocycles. The molecule has 6 nitrogen and oxygen atoms in total. The minimum atomic E-state index is -0.913. The average Bonchev–Trinajstić information content (AvgIpc) is 2.69. The van der Waals surface area contributed by atoms with Crippen molar-refractivity contribution in [3.05, 3.63) is 29.3 Å². The molecule has 1 aromatic carbocycles. The molecule has 1 saturated heterocycles. The second-order valence-electron chi connectivity index (χ2n) is 5.06. The molecule has 21 heavy (non-hydrogen) atoms. The standard InChI is InChI=1S/C14H12N2O4S/c1-15-11(17)5-4-10(14(15)20)16-12(18)8-3-2-7(21)6-9(8)13(16)19/h2-3,6,10,21H,4-5H2,1H3. The van der Waals surface area contributed by atoms with E-state index >= 15 is 0 Å². The van der Waals surface area contributed by atoms with Gasteiger partial charge in [-0.15, -0.1) is 12.6 Å². The number of benzene rings is 1. The topological polar surface area (TPSA) is 74.8 Å². The van der Waals surface area contributed by atoms with Crippen molar-refractivity contribution in [1.29, 1.82) is 0 Å². The van der Waals surface area contributed by atoms with E-state index in [2.05, 4.69) is 12.6 Å². The van der Waals surface area contributed by atoms with E-state index in [1.165, 1.54) is 19.2 Å². The molecule has 3 rings (SSSR count). The molecule has 1 atom stereocenters. The van der Waals surface area contributed by atoms with Gasteiger partial charge in [0.2, 0.25) is 5.91 Å². The van der Waals surface area contributed by atoms with Gasteiger partial charge in [0.25, 0.3) is 17.7 Å². The third kappa shape index (κ3) is 1.96. The van der Waals surface area contributed by atoms with Gasteiger partial charge < -0.3 is 0 Å². The number of piperidine rings is 1. The van der Waals surface area contributed by atoms with Crippen LogP contribution in [0.4, 0.5) is 0 Å². The van der Waals surface area contributed by atoms with E-state index in [1.54, 1.807) is 6.07 Å². The second kappa shape index (κ2) is 4.70. The van der Waals surface area contributed by atoms with Crippen LogP contribution in [0, 0.1) is 0 Å². The van der Waals surface area contributed by atoms with Gasteiger partial charge in [-0.3, -0.25) is 29.0 Å². The first kappa shape index (κ1) is 13.8. The van der Waals surface area contributed by atoms with Crippen LogP contribution >= 0.6 is 12.6 Å². The number of fused-ring (bicyclic) bond motifs is 1. The van der Waals surface area contributed by atoms with Gasteiger partial charge in [-0.25, -0.2) is 0 Å². The summed E-state index contributed by atoms with van der Waals surface area (Å²) in [6.45, 7) is 0. The van der Waals surface area contributed by atoms with Gasteiger partial charge >= 0.3 is 0 Å². The Hall–Kier alpha value is -2.15. The number of carbonyl (C=O) groups excluding carboxylic acids is 4. The quantitative estimate of drug-likeness (QED) is 0.613. The lowest BCUT2D eigenvalue weighted by molar-refractivity contribution is -0.149. The van der Waals surface area contributed by atoms with Crippen LogP contribution in [-0.4, -0.2) is 46.5 Å². The number of hydrogen-bond donors (Lipinski definition) is 1. The molecule has 4 amide bonds. The van der Waals surface area contributed by atoms with Crippen molar-refractivity contribution < 1.29 is 19.2 Å². The number of amides is 4. The van der Waals surface area contributed by atoms with Crippen LogP contribution in [0.1, 0.15) is 33.6 Å². The number of hydrogen-bond acceptors (Lipinski definition) is 5. The number of likely N-dealkylation sites (tertiary alicyclic amines) is 1. The first-order valence-electron chi connectivity index (χ1n) is 6.43. The van der Waals surface area contributed by atoms with Crippen molar-refractivity contribution >= 4 is 36.3 Å². The summed E-state index contributed by atoms with van der Waals surface area (Å²) in [5, 5.41) is 0. The molecule has 2 aliphatic rings. The van der Waals surface area contributed by atoms with E-state index in [9.17, 15) is 19.2 Å². The molecule has 0 radical (unpaired) electrons. The van der Waals surface area contributed by atoms with Gasteiger partial charge in [-0.05, 0) is 24.6 Å². The molecule has 1 unspecified atom stereocenters. The van der Waals surface area contributed by atoms with Crippen molar-refractivity contribution in [2.45, 2.75) is 23.8 Å². The Morgan fingerprint density at radius 2 is 1.76 bits per heavy atom. The number of carbonyl (C=O) groups is 4. The predicted molar refractivity (Wildman–Crippen MR) is 75.0 cm³/mol. The van der Waals surface area contributed by atoms with Gasteiger partial charge in [0.15, 0.2) is 0 Å². The SMILES string of the molecule is CN1C(=O)CCC(N2C(=O)c3ccc(S)cc3C2=O)C1=O. The molecule has 0 spiro atoms. The van der Waals surface area contributed by atoms with Crippen molar-refractivity contribution in [2.24, 2.45) is 0 Å². The molecule has 0 aromatic heterocycles. The lowest BCUT2D eigenvalue weighted by Gasteiger charge is -2.32.